The molecule has 0 bridgehead atoms. The molecule has 0 radical (unpaired) electrons. The first kappa shape index (κ1) is 16.7. The molecule has 1 amide bonds. The first-order chi connectivity index (χ1) is 10.5. The number of aromatic nitrogens is 1. The number of hydrogen-bond donors (Lipinski definition) is 2. The maximum atomic E-state index is 12.1. The Morgan fingerprint density at radius 3 is 3.00 bits per heavy atom. The highest BCUT2D eigenvalue weighted by Crippen LogP contribution is 2.14. The van der Waals surface area contributed by atoms with Gasteiger partial charge in [-0.3, -0.25) is 9.59 Å². The number of carbonyl (C=O) groups is 1. The average molecular weight is 307 g/mol. The van der Waals surface area contributed by atoms with Gasteiger partial charge in [-0.2, -0.15) is 0 Å². The van der Waals surface area contributed by atoms with E-state index in [-0.39, 0.29) is 23.5 Å². The Morgan fingerprint density at radius 2 is 2.27 bits per heavy atom. The molecule has 6 nitrogen and oxygen atoms in total. The Labute approximate surface area is 130 Å². The summed E-state index contributed by atoms with van der Waals surface area (Å²) in [4.78, 5) is 26.2. The molecule has 0 spiro atoms. The smallest absolute Gasteiger partial charge is 0.256 e. The minimum absolute atomic E-state index is 0.181. The number of pyridine rings is 1. The molecule has 0 saturated carbocycles. The minimum Gasteiger partial charge on any atom is -0.396 e. The largest absolute Gasteiger partial charge is 0.396 e. The molecular formula is C16H25N3O3. The normalized spacial score (nSPS) is 19.1. The third-order valence-corrected chi connectivity index (χ3v) is 4.30. The molecule has 122 valence electrons. The molecular weight excluding hydrogens is 282 g/mol. The maximum Gasteiger partial charge on any atom is 0.256 e. The van der Waals surface area contributed by atoms with Crippen LogP contribution in [0.5, 0.6) is 0 Å². The van der Waals surface area contributed by atoms with E-state index in [0.29, 0.717) is 12.5 Å². The van der Waals surface area contributed by atoms with E-state index in [1.807, 2.05) is 14.0 Å². The van der Waals surface area contributed by atoms with E-state index in [2.05, 4.69) is 10.2 Å². The van der Waals surface area contributed by atoms with Crippen LogP contribution in [0.25, 0.3) is 0 Å². The van der Waals surface area contributed by atoms with Crippen LogP contribution in [0.2, 0.25) is 0 Å². The van der Waals surface area contributed by atoms with Crippen molar-refractivity contribution in [3.63, 3.8) is 0 Å². The van der Waals surface area contributed by atoms with Crippen molar-refractivity contribution in [1.29, 1.82) is 0 Å². The lowest BCUT2D eigenvalue weighted by Crippen LogP contribution is -2.42. The molecule has 1 aliphatic heterocycles. The topological polar surface area (TPSA) is 74.6 Å². The van der Waals surface area contributed by atoms with Gasteiger partial charge in [0, 0.05) is 51.2 Å². The van der Waals surface area contributed by atoms with Crippen molar-refractivity contribution in [1.82, 2.24) is 14.8 Å². The zero-order chi connectivity index (χ0) is 16.1. The summed E-state index contributed by atoms with van der Waals surface area (Å²) >= 11 is 0. The van der Waals surface area contributed by atoms with Crippen LogP contribution in [0, 0.1) is 12.8 Å². The summed E-state index contributed by atoms with van der Waals surface area (Å²) in [5.41, 5.74) is 0.760. The number of nitrogens with zero attached hydrogens (tertiary/aromatic N) is 2. The fourth-order valence-corrected chi connectivity index (χ4v) is 2.83. The van der Waals surface area contributed by atoms with Crippen LogP contribution in [-0.2, 0) is 7.05 Å². The number of hydrogen-bond acceptors (Lipinski definition) is 4. The number of piperidine rings is 1. The number of carbonyl (C=O) groups excluding carboxylic acids is 1. The number of amides is 1. The van der Waals surface area contributed by atoms with Gasteiger partial charge in [0.25, 0.3) is 5.91 Å². The number of nitrogens with one attached hydrogen (secondary N) is 1. The summed E-state index contributed by atoms with van der Waals surface area (Å²) in [5.74, 6) is 0.0187. The predicted molar refractivity (Wildman–Crippen MR) is 85.0 cm³/mol. The van der Waals surface area contributed by atoms with Crippen LogP contribution < -0.4 is 10.7 Å². The summed E-state index contributed by atoms with van der Waals surface area (Å²) in [6, 6.07) is 1.48. The lowest BCUT2D eigenvalue weighted by molar-refractivity contribution is 0.0929. The molecule has 1 fully saturated rings. The maximum absolute atomic E-state index is 12.1. The Morgan fingerprint density at radius 1 is 1.50 bits per heavy atom. The van der Waals surface area contributed by atoms with E-state index in [9.17, 15) is 14.7 Å². The van der Waals surface area contributed by atoms with Gasteiger partial charge in [0.1, 0.15) is 5.56 Å². The van der Waals surface area contributed by atoms with Crippen molar-refractivity contribution in [3.05, 3.63) is 33.7 Å². The molecule has 1 atom stereocenters. The molecule has 1 aromatic rings. The van der Waals surface area contributed by atoms with Crippen LogP contribution in [0.1, 0.15) is 28.9 Å². The van der Waals surface area contributed by atoms with E-state index in [1.54, 1.807) is 10.8 Å². The quantitative estimate of drug-likeness (QED) is 0.811. The second-order valence-electron chi connectivity index (χ2n) is 6.05. The van der Waals surface area contributed by atoms with Gasteiger partial charge < -0.3 is 19.9 Å². The molecule has 2 rings (SSSR count). The predicted octanol–water partition coefficient (Wildman–Crippen LogP) is 0.128. The van der Waals surface area contributed by atoms with Gasteiger partial charge >= 0.3 is 0 Å². The van der Waals surface area contributed by atoms with Gasteiger partial charge in [0.2, 0.25) is 0 Å². The number of aliphatic hydroxyl groups excluding tert-OH is 1. The Balaban J connectivity index is 1.85. The molecule has 1 aromatic heterocycles. The van der Waals surface area contributed by atoms with E-state index in [4.69, 9.17) is 0 Å². The molecule has 0 aromatic carbocycles. The SMILES string of the molecule is Cc1cc(=O)c(C(=O)NCCN2CCC[C@H](CO)C2)cn1C. The molecule has 22 heavy (non-hydrogen) atoms. The van der Waals surface area contributed by atoms with Crippen LogP contribution in [-0.4, -0.2) is 53.3 Å². The summed E-state index contributed by atoms with van der Waals surface area (Å²) < 4.78 is 1.77. The first-order valence-corrected chi connectivity index (χ1v) is 7.80. The number of aryl methyl sites for hydroxylation is 2. The van der Waals surface area contributed by atoms with Crippen molar-refractivity contribution in [2.45, 2.75) is 19.8 Å². The van der Waals surface area contributed by atoms with Crippen LogP contribution in [0.3, 0.4) is 0 Å². The first-order valence-electron chi connectivity index (χ1n) is 7.80. The van der Waals surface area contributed by atoms with Crippen molar-refractivity contribution >= 4 is 5.91 Å². The van der Waals surface area contributed by atoms with E-state index in [0.717, 1.165) is 38.2 Å². The van der Waals surface area contributed by atoms with Gasteiger partial charge in [-0.15, -0.1) is 0 Å². The van der Waals surface area contributed by atoms with Crippen molar-refractivity contribution in [2.24, 2.45) is 13.0 Å². The highest BCUT2D eigenvalue weighted by molar-refractivity contribution is 5.93. The average Bonchev–Trinajstić information content (AvgIpc) is 2.51. The van der Waals surface area contributed by atoms with Crippen LogP contribution >= 0.6 is 0 Å². The number of aliphatic hydroxyl groups is 1. The molecule has 0 aliphatic carbocycles. The van der Waals surface area contributed by atoms with Gasteiger partial charge in [0.05, 0.1) is 0 Å². The third-order valence-electron chi connectivity index (χ3n) is 4.30. The fraction of sp³-hybridized carbons (Fsp3) is 0.625. The van der Waals surface area contributed by atoms with Crippen molar-refractivity contribution in [2.75, 3.05) is 32.8 Å². The summed E-state index contributed by atoms with van der Waals surface area (Å²) in [6.07, 6.45) is 3.73. The van der Waals surface area contributed by atoms with Crippen molar-refractivity contribution in [3.8, 4) is 0 Å². The monoisotopic (exact) mass is 307 g/mol. The van der Waals surface area contributed by atoms with Gasteiger partial charge in [-0.1, -0.05) is 0 Å². The minimum atomic E-state index is -0.323. The molecule has 1 saturated heterocycles. The molecule has 2 heterocycles. The van der Waals surface area contributed by atoms with Crippen LogP contribution in [0.4, 0.5) is 0 Å². The number of rotatable bonds is 5. The third kappa shape index (κ3) is 4.18. The fourth-order valence-electron chi connectivity index (χ4n) is 2.83. The highest BCUT2D eigenvalue weighted by Gasteiger charge is 2.19. The lowest BCUT2D eigenvalue weighted by Gasteiger charge is -2.31. The lowest BCUT2D eigenvalue weighted by atomic mass is 9.99. The second-order valence-corrected chi connectivity index (χ2v) is 6.05. The Kier molecular flexibility index (Phi) is 5.74. The molecule has 6 heteroatoms. The Hall–Kier alpha value is -1.66. The van der Waals surface area contributed by atoms with E-state index in [1.165, 1.54) is 6.07 Å². The molecule has 0 unspecified atom stereocenters. The number of likely N-dealkylation sites (tertiary alicyclic amines) is 1. The van der Waals surface area contributed by atoms with Crippen molar-refractivity contribution < 1.29 is 9.90 Å². The summed E-state index contributed by atoms with van der Waals surface area (Å²) in [7, 11) is 1.81. The Bertz CT molecular complexity index is 582. The van der Waals surface area contributed by atoms with Gasteiger partial charge in [-0.25, -0.2) is 0 Å². The summed E-state index contributed by atoms with van der Waals surface area (Å²) in [5, 5.41) is 12.0. The van der Waals surface area contributed by atoms with Gasteiger partial charge in [0.15, 0.2) is 5.43 Å². The standard InChI is InChI=1S/C16H25N3O3/c1-12-8-15(21)14(10-18(12)2)16(22)17-5-7-19-6-3-4-13(9-19)11-20/h8,10,13,20H,3-7,9,11H2,1-2H3,(H,17,22)/t13-/m0/s1. The van der Waals surface area contributed by atoms with E-state index < -0.39 is 0 Å². The zero-order valence-electron chi connectivity index (χ0n) is 13.3. The summed E-state index contributed by atoms with van der Waals surface area (Å²) in [6.45, 7) is 5.18. The second kappa shape index (κ2) is 7.56. The molecule has 2 N–H and O–H groups in total. The van der Waals surface area contributed by atoms with Crippen LogP contribution in [0.15, 0.2) is 17.1 Å². The van der Waals surface area contributed by atoms with E-state index >= 15 is 0 Å². The highest BCUT2D eigenvalue weighted by atomic mass is 16.3. The van der Waals surface area contributed by atoms with Gasteiger partial charge in [-0.05, 0) is 32.2 Å². The molecule has 1 aliphatic rings. The zero-order valence-corrected chi connectivity index (χ0v) is 13.3.